The predicted molar refractivity (Wildman–Crippen MR) is 129 cm³/mol. The summed E-state index contributed by atoms with van der Waals surface area (Å²) >= 11 is 0. The predicted octanol–water partition coefficient (Wildman–Crippen LogP) is 7.05. The molecule has 30 heavy (non-hydrogen) atoms. The highest BCUT2D eigenvalue weighted by Crippen LogP contribution is 2.12. The maximum atomic E-state index is 12.1. The third-order valence-corrected chi connectivity index (χ3v) is 5.80. The molecule has 4 heteroatoms. The van der Waals surface area contributed by atoms with Crippen LogP contribution in [0.4, 0.5) is 0 Å². The number of hydrogen-bond acceptors (Lipinski definition) is 3. The zero-order chi connectivity index (χ0) is 22.1. The van der Waals surface area contributed by atoms with Crippen molar-refractivity contribution in [1.29, 1.82) is 0 Å². The molecule has 0 aromatic rings. The molecule has 0 aromatic heterocycles. The summed E-state index contributed by atoms with van der Waals surface area (Å²) in [6, 6.07) is 0. The SMILES string of the molecule is CCCCCCCCCCCOCCOCCCCCNC(=O)C(CC)CCCC. The molecular formula is C26H53NO3. The van der Waals surface area contributed by atoms with Gasteiger partial charge in [-0.3, -0.25) is 4.79 Å². The van der Waals surface area contributed by atoms with Crippen LogP contribution in [0.25, 0.3) is 0 Å². The Morgan fingerprint density at radius 1 is 0.633 bits per heavy atom. The summed E-state index contributed by atoms with van der Waals surface area (Å²) in [7, 11) is 0. The molecule has 0 rings (SSSR count). The second-order valence-corrected chi connectivity index (χ2v) is 8.65. The van der Waals surface area contributed by atoms with Crippen LogP contribution in [0.5, 0.6) is 0 Å². The fourth-order valence-electron chi connectivity index (χ4n) is 3.67. The Morgan fingerprint density at radius 2 is 1.13 bits per heavy atom. The van der Waals surface area contributed by atoms with E-state index in [0.717, 1.165) is 64.7 Å². The molecule has 0 saturated heterocycles. The lowest BCUT2D eigenvalue weighted by Crippen LogP contribution is -2.31. The normalized spacial score (nSPS) is 12.2. The summed E-state index contributed by atoms with van der Waals surface area (Å²) in [4.78, 5) is 12.1. The van der Waals surface area contributed by atoms with E-state index in [1.54, 1.807) is 0 Å². The maximum Gasteiger partial charge on any atom is 0.223 e. The molecule has 0 bridgehead atoms. The smallest absolute Gasteiger partial charge is 0.223 e. The Kier molecular flexibility index (Phi) is 24.2. The third-order valence-electron chi connectivity index (χ3n) is 5.80. The van der Waals surface area contributed by atoms with Crippen LogP contribution in [-0.2, 0) is 14.3 Å². The van der Waals surface area contributed by atoms with Gasteiger partial charge in [0.25, 0.3) is 0 Å². The number of hydrogen-bond donors (Lipinski definition) is 1. The molecule has 4 nitrogen and oxygen atoms in total. The molecule has 180 valence electrons. The number of amides is 1. The van der Waals surface area contributed by atoms with Crippen molar-refractivity contribution in [2.75, 3.05) is 33.0 Å². The van der Waals surface area contributed by atoms with Crippen molar-refractivity contribution in [2.45, 2.75) is 124 Å². The van der Waals surface area contributed by atoms with Gasteiger partial charge in [-0.2, -0.15) is 0 Å². The number of ether oxygens (including phenoxy) is 2. The van der Waals surface area contributed by atoms with Gasteiger partial charge in [-0.05, 0) is 38.5 Å². The zero-order valence-corrected chi connectivity index (χ0v) is 20.7. The maximum absolute atomic E-state index is 12.1. The highest BCUT2D eigenvalue weighted by Gasteiger charge is 2.14. The van der Waals surface area contributed by atoms with Crippen molar-refractivity contribution in [1.82, 2.24) is 5.32 Å². The lowest BCUT2D eigenvalue weighted by Gasteiger charge is -2.14. The van der Waals surface area contributed by atoms with Gasteiger partial charge in [-0.25, -0.2) is 0 Å². The molecule has 0 aliphatic rings. The van der Waals surface area contributed by atoms with E-state index in [4.69, 9.17) is 9.47 Å². The van der Waals surface area contributed by atoms with Crippen molar-refractivity contribution in [3.63, 3.8) is 0 Å². The van der Waals surface area contributed by atoms with E-state index >= 15 is 0 Å². The molecule has 1 unspecified atom stereocenters. The highest BCUT2D eigenvalue weighted by atomic mass is 16.5. The van der Waals surface area contributed by atoms with Crippen LogP contribution in [-0.4, -0.2) is 38.9 Å². The van der Waals surface area contributed by atoms with Gasteiger partial charge < -0.3 is 14.8 Å². The van der Waals surface area contributed by atoms with Crippen molar-refractivity contribution < 1.29 is 14.3 Å². The van der Waals surface area contributed by atoms with Crippen LogP contribution in [0.2, 0.25) is 0 Å². The minimum atomic E-state index is 0.198. The van der Waals surface area contributed by atoms with Crippen molar-refractivity contribution >= 4 is 5.91 Å². The topological polar surface area (TPSA) is 47.6 Å². The fraction of sp³-hybridized carbons (Fsp3) is 0.962. The summed E-state index contributed by atoms with van der Waals surface area (Å²) in [5.41, 5.74) is 0. The minimum absolute atomic E-state index is 0.198. The van der Waals surface area contributed by atoms with Crippen LogP contribution in [0.1, 0.15) is 124 Å². The second kappa shape index (κ2) is 24.7. The van der Waals surface area contributed by atoms with Crippen molar-refractivity contribution in [3.8, 4) is 0 Å². The molecule has 0 aliphatic carbocycles. The van der Waals surface area contributed by atoms with E-state index in [1.165, 1.54) is 57.8 Å². The van der Waals surface area contributed by atoms with Crippen LogP contribution in [0, 0.1) is 5.92 Å². The van der Waals surface area contributed by atoms with Gasteiger partial charge in [0.15, 0.2) is 0 Å². The summed E-state index contributed by atoms with van der Waals surface area (Å²) in [5.74, 6) is 0.440. The van der Waals surface area contributed by atoms with Crippen molar-refractivity contribution in [2.24, 2.45) is 5.92 Å². The Labute approximate surface area is 188 Å². The van der Waals surface area contributed by atoms with Crippen LogP contribution >= 0.6 is 0 Å². The summed E-state index contributed by atoms with van der Waals surface area (Å²) < 4.78 is 11.3. The molecule has 0 aromatic carbocycles. The zero-order valence-electron chi connectivity index (χ0n) is 20.7. The van der Waals surface area contributed by atoms with E-state index in [1.807, 2.05) is 0 Å². The Balaban J connectivity index is 3.22. The third kappa shape index (κ3) is 20.7. The molecular weight excluding hydrogens is 374 g/mol. The first-order chi connectivity index (χ1) is 14.8. The average molecular weight is 428 g/mol. The fourth-order valence-corrected chi connectivity index (χ4v) is 3.67. The van der Waals surface area contributed by atoms with Gasteiger partial charge in [-0.1, -0.05) is 85.0 Å². The quantitative estimate of drug-likeness (QED) is 0.168. The van der Waals surface area contributed by atoms with Gasteiger partial charge in [0.05, 0.1) is 13.2 Å². The Hall–Kier alpha value is -0.610. The van der Waals surface area contributed by atoms with Crippen LogP contribution in [0.15, 0.2) is 0 Å². The number of carbonyl (C=O) groups is 1. The number of nitrogens with one attached hydrogen (secondary N) is 1. The lowest BCUT2D eigenvalue weighted by molar-refractivity contribution is -0.125. The number of unbranched alkanes of at least 4 members (excludes halogenated alkanes) is 11. The first-order valence-electron chi connectivity index (χ1n) is 13.2. The van der Waals surface area contributed by atoms with E-state index in [-0.39, 0.29) is 11.8 Å². The van der Waals surface area contributed by atoms with Gasteiger partial charge in [0.1, 0.15) is 0 Å². The van der Waals surface area contributed by atoms with Crippen LogP contribution in [0.3, 0.4) is 0 Å². The summed E-state index contributed by atoms with van der Waals surface area (Å²) in [6.07, 6.45) is 19.6. The van der Waals surface area contributed by atoms with E-state index in [0.29, 0.717) is 13.2 Å². The molecule has 1 amide bonds. The standard InChI is InChI=1S/C26H53NO3/c1-4-7-9-10-11-12-13-14-17-21-29-23-24-30-22-18-15-16-20-27-26(28)25(6-3)19-8-5-2/h25H,4-24H2,1-3H3,(H,27,28). The van der Waals surface area contributed by atoms with Gasteiger partial charge in [0.2, 0.25) is 5.91 Å². The molecule has 0 fully saturated rings. The second-order valence-electron chi connectivity index (χ2n) is 8.65. The van der Waals surface area contributed by atoms with Gasteiger partial charge >= 0.3 is 0 Å². The molecule has 0 heterocycles. The van der Waals surface area contributed by atoms with Crippen LogP contribution < -0.4 is 5.32 Å². The van der Waals surface area contributed by atoms with Crippen molar-refractivity contribution in [3.05, 3.63) is 0 Å². The summed E-state index contributed by atoms with van der Waals surface area (Å²) in [5, 5.41) is 3.10. The monoisotopic (exact) mass is 427 g/mol. The lowest BCUT2D eigenvalue weighted by atomic mass is 9.98. The average Bonchev–Trinajstić information content (AvgIpc) is 2.75. The Morgan fingerprint density at radius 3 is 1.67 bits per heavy atom. The van der Waals surface area contributed by atoms with Gasteiger partial charge in [-0.15, -0.1) is 0 Å². The summed E-state index contributed by atoms with van der Waals surface area (Å²) in [6.45, 7) is 10.4. The highest BCUT2D eigenvalue weighted by molar-refractivity contribution is 5.78. The molecule has 0 radical (unpaired) electrons. The minimum Gasteiger partial charge on any atom is -0.379 e. The molecule has 0 aliphatic heterocycles. The molecule has 1 atom stereocenters. The Bertz CT molecular complexity index is 349. The first kappa shape index (κ1) is 29.4. The van der Waals surface area contributed by atoms with Gasteiger partial charge in [0, 0.05) is 25.7 Å². The largest absolute Gasteiger partial charge is 0.379 e. The number of rotatable bonds is 24. The molecule has 0 spiro atoms. The molecule has 0 saturated carbocycles. The first-order valence-corrected chi connectivity index (χ1v) is 13.2. The van der Waals surface area contributed by atoms with E-state index in [9.17, 15) is 4.79 Å². The van der Waals surface area contributed by atoms with E-state index < -0.39 is 0 Å². The molecule has 1 N–H and O–H groups in total. The number of carbonyl (C=O) groups excluding carboxylic acids is 1. The van der Waals surface area contributed by atoms with E-state index in [2.05, 4.69) is 26.1 Å².